The minimum Gasteiger partial charge on any atom is -0.383 e. The zero-order valence-corrected chi connectivity index (χ0v) is 16.6. The molecule has 0 fully saturated rings. The first-order valence-corrected chi connectivity index (χ1v) is 9.36. The van der Waals surface area contributed by atoms with Gasteiger partial charge in [0.15, 0.2) is 0 Å². The topological polar surface area (TPSA) is 133 Å². The fourth-order valence-electron chi connectivity index (χ4n) is 3.25. The van der Waals surface area contributed by atoms with Crippen LogP contribution in [-0.2, 0) is 7.05 Å². The van der Waals surface area contributed by atoms with Crippen molar-refractivity contribution in [3.63, 3.8) is 0 Å². The van der Waals surface area contributed by atoms with Gasteiger partial charge in [-0.25, -0.2) is 19.6 Å². The third-order valence-corrected chi connectivity index (χ3v) is 4.96. The van der Waals surface area contributed by atoms with E-state index in [4.69, 9.17) is 11.5 Å². The summed E-state index contributed by atoms with van der Waals surface area (Å²) in [5, 5.41) is 12.8. The van der Waals surface area contributed by atoms with E-state index in [0.29, 0.717) is 23.1 Å². The second kappa shape index (κ2) is 7.44. The average Bonchev–Trinajstić information content (AvgIpc) is 3.14. The molecule has 4 rings (SSSR count). The van der Waals surface area contributed by atoms with Gasteiger partial charge in [0.05, 0.1) is 11.9 Å². The molecule has 0 aromatic carbocycles. The van der Waals surface area contributed by atoms with E-state index in [-0.39, 0.29) is 6.04 Å². The number of fused-ring (bicyclic) bond motifs is 1. The molecule has 0 saturated heterocycles. The van der Waals surface area contributed by atoms with Crippen LogP contribution in [0.2, 0.25) is 0 Å². The first-order chi connectivity index (χ1) is 14.0. The van der Waals surface area contributed by atoms with E-state index >= 15 is 0 Å². The molecule has 0 saturated carbocycles. The van der Waals surface area contributed by atoms with Crippen molar-refractivity contribution in [3.05, 3.63) is 47.9 Å². The van der Waals surface area contributed by atoms with Gasteiger partial charge in [-0.3, -0.25) is 0 Å². The molecule has 9 nitrogen and oxygen atoms in total. The van der Waals surface area contributed by atoms with E-state index < -0.39 is 0 Å². The maximum atomic E-state index is 6.22. The highest BCUT2D eigenvalue weighted by Gasteiger charge is 2.12. The van der Waals surface area contributed by atoms with Gasteiger partial charge in [0.2, 0.25) is 0 Å². The van der Waals surface area contributed by atoms with Crippen molar-refractivity contribution in [1.82, 2.24) is 29.9 Å². The Morgan fingerprint density at radius 3 is 2.59 bits per heavy atom. The molecular formula is C20H23N9. The van der Waals surface area contributed by atoms with Gasteiger partial charge in [-0.1, -0.05) is 12.1 Å². The molecular weight excluding hydrogens is 366 g/mol. The van der Waals surface area contributed by atoms with Crippen LogP contribution in [0.25, 0.3) is 22.2 Å². The molecule has 4 heterocycles. The highest BCUT2D eigenvalue weighted by molar-refractivity contribution is 5.94. The molecule has 0 spiro atoms. The van der Waals surface area contributed by atoms with Crippen LogP contribution < -0.4 is 16.8 Å². The zero-order chi connectivity index (χ0) is 20.5. The predicted molar refractivity (Wildman–Crippen MR) is 113 cm³/mol. The van der Waals surface area contributed by atoms with E-state index in [1.54, 1.807) is 17.1 Å². The highest BCUT2D eigenvalue weighted by atomic mass is 15.4. The van der Waals surface area contributed by atoms with Gasteiger partial charge in [0.1, 0.15) is 23.1 Å². The standard InChI is InChI=1S/C20H23N9/c1-4-15(21)13-7-19(23-8-11(13)2)27-18-6-12-5-16(17-10-25-28-29(17)3)26-20(22)14(12)9-24-18/h5-10,15H,4,21H2,1-3H3,(H2,22,26)(H,23,24,27)/t15-/m1/s1. The van der Waals surface area contributed by atoms with Crippen LogP contribution in [0.5, 0.6) is 0 Å². The van der Waals surface area contributed by atoms with E-state index in [9.17, 15) is 0 Å². The molecule has 4 aromatic heterocycles. The summed E-state index contributed by atoms with van der Waals surface area (Å²) >= 11 is 0. The van der Waals surface area contributed by atoms with Gasteiger partial charge in [0.25, 0.3) is 0 Å². The first-order valence-electron chi connectivity index (χ1n) is 9.36. The SMILES string of the molecule is CC[C@@H](N)c1cc(Nc2cc3cc(-c4cnnn4C)nc(N)c3cn2)ncc1C. The summed E-state index contributed by atoms with van der Waals surface area (Å²) < 4.78 is 1.66. The molecule has 1 atom stereocenters. The van der Waals surface area contributed by atoms with E-state index in [0.717, 1.165) is 34.0 Å². The quantitative estimate of drug-likeness (QED) is 0.474. The molecule has 9 heteroatoms. The van der Waals surface area contributed by atoms with E-state index in [2.05, 4.69) is 37.5 Å². The highest BCUT2D eigenvalue weighted by Crippen LogP contribution is 2.28. The fourth-order valence-corrected chi connectivity index (χ4v) is 3.25. The number of aromatic nitrogens is 6. The Balaban J connectivity index is 1.71. The van der Waals surface area contributed by atoms with Crippen molar-refractivity contribution in [2.45, 2.75) is 26.3 Å². The van der Waals surface area contributed by atoms with Crippen molar-refractivity contribution in [1.29, 1.82) is 0 Å². The Morgan fingerprint density at radius 2 is 1.86 bits per heavy atom. The lowest BCUT2D eigenvalue weighted by molar-refractivity contribution is 0.693. The summed E-state index contributed by atoms with van der Waals surface area (Å²) in [6.07, 6.45) is 6.04. The lowest BCUT2D eigenvalue weighted by atomic mass is 10.0. The Labute approximate surface area is 168 Å². The Kier molecular flexibility index (Phi) is 4.81. The molecule has 0 unspecified atom stereocenters. The summed E-state index contributed by atoms with van der Waals surface area (Å²) in [6, 6.07) is 5.81. The van der Waals surface area contributed by atoms with E-state index in [1.807, 2.05) is 38.4 Å². The van der Waals surface area contributed by atoms with Crippen LogP contribution in [0.15, 0.2) is 36.8 Å². The van der Waals surface area contributed by atoms with Crippen molar-refractivity contribution in [2.75, 3.05) is 11.1 Å². The molecule has 4 aromatic rings. The molecule has 148 valence electrons. The third-order valence-electron chi connectivity index (χ3n) is 4.96. The lowest BCUT2D eigenvalue weighted by Crippen LogP contribution is -2.11. The number of nitrogens with two attached hydrogens (primary N) is 2. The maximum absolute atomic E-state index is 6.22. The van der Waals surface area contributed by atoms with Crippen molar-refractivity contribution in [3.8, 4) is 11.4 Å². The third kappa shape index (κ3) is 3.59. The Morgan fingerprint density at radius 1 is 1.10 bits per heavy atom. The van der Waals surface area contributed by atoms with Crippen molar-refractivity contribution >= 4 is 28.2 Å². The number of anilines is 3. The summed E-state index contributed by atoms with van der Waals surface area (Å²) in [4.78, 5) is 13.4. The van der Waals surface area contributed by atoms with Crippen LogP contribution in [0.4, 0.5) is 17.5 Å². The fraction of sp³-hybridized carbons (Fsp3) is 0.250. The number of nitrogens with zero attached hydrogens (tertiary/aromatic N) is 6. The molecule has 0 bridgehead atoms. The number of rotatable bonds is 5. The summed E-state index contributed by atoms with van der Waals surface area (Å²) in [6.45, 7) is 4.08. The Hall–Kier alpha value is -3.59. The number of nitrogen functional groups attached to an aromatic ring is 1. The number of pyridine rings is 3. The number of aryl methyl sites for hydroxylation is 2. The Bertz CT molecular complexity index is 1180. The summed E-state index contributed by atoms with van der Waals surface area (Å²) in [7, 11) is 1.81. The normalized spacial score (nSPS) is 12.3. The lowest BCUT2D eigenvalue weighted by Gasteiger charge is -2.14. The maximum Gasteiger partial charge on any atom is 0.133 e. The smallest absolute Gasteiger partial charge is 0.133 e. The molecule has 0 aliphatic rings. The molecule has 0 radical (unpaired) electrons. The van der Waals surface area contributed by atoms with Crippen LogP contribution in [0.1, 0.15) is 30.5 Å². The van der Waals surface area contributed by atoms with Gasteiger partial charge < -0.3 is 16.8 Å². The summed E-state index contributed by atoms with van der Waals surface area (Å²) in [5.74, 6) is 1.76. The minimum atomic E-state index is -0.0240. The van der Waals surface area contributed by atoms with Gasteiger partial charge in [-0.15, -0.1) is 5.10 Å². The monoisotopic (exact) mass is 389 g/mol. The molecule has 5 N–H and O–H groups in total. The van der Waals surface area contributed by atoms with Crippen molar-refractivity contribution in [2.24, 2.45) is 12.8 Å². The van der Waals surface area contributed by atoms with E-state index in [1.165, 1.54) is 0 Å². The molecule has 0 amide bonds. The van der Waals surface area contributed by atoms with Crippen LogP contribution in [-0.4, -0.2) is 29.9 Å². The first kappa shape index (κ1) is 18.8. The van der Waals surface area contributed by atoms with Gasteiger partial charge >= 0.3 is 0 Å². The van der Waals surface area contributed by atoms with Gasteiger partial charge in [-0.2, -0.15) is 0 Å². The van der Waals surface area contributed by atoms with Gasteiger partial charge in [0, 0.05) is 30.9 Å². The zero-order valence-electron chi connectivity index (χ0n) is 16.6. The second-order valence-electron chi connectivity index (χ2n) is 6.99. The van der Waals surface area contributed by atoms with Crippen LogP contribution in [0, 0.1) is 6.92 Å². The van der Waals surface area contributed by atoms with Crippen molar-refractivity contribution < 1.29 is 0 Å². The minimum absolute atomic E-state index is 0.0240. The summed E-state index contributed by atoms with van der Waals surface area (Å²) in [5.41, 5.74) is 16.0. The van der Waals surface area contributed by atoms with Gasteiger partial charge in [-0.05, 0) is 48.1 Å². The number of nitrogens with one attached hydrogen (secondary N) is 1. The largest absolute Gasteiger partial charge is 0.383 e. The number of hydrogen-bond donors (Lipinski definition) is 3. The number of hydrogen-bond acceptors (Lipinski definition) is 8. The van der Waals surface area contributed by atoms with Crippen LogP contribution in [0.3, 0.4) is 0 Å². The molecule has 0 aliphatic carbocycles. The predicted octanol–water partition coefficient (Wildman–Crippen LogP) is 2.86. The molecule has 0 aliphatic heterocycles. The molecule has 29 heavy (non-hydrogen) atoms. The average molecular weight is 389 g/mol. The van der Waals surface area contributed by atoms with Crippen LogP contribution >= 0.6 is 0 Å². The second-order valence-corrected chi connectivity index (χ2v) is 6.99.